The molecule has 0 saturated carbocycles. The summed E-state index contributed by atoms with van der Waals surface area (Å²) in [6.07, 6.45) is 0. The van der Waals surface area contributed by atoms with Crippen molar-refractivity contribution >= 4 is 22.5 Å². The average molecular weight is 390 g/mol. The third-order valence-electron chi connectivity index (χ3n) is 4.82. The zero-order chi connectivity index (χ0) is 20.7. The van der Waals surface area contributed by atoms with E-state index < -0.39 is 5.91 Å². The minimum atomic E-state index is -0.867. The highest BCUT2D eigenvalue weighted by molar-refractivity contribution is 6.48. The molecule has 0 radical (unpaired) electrons. The van der Waals surface area contributed by atoms with Crippen molar-refractivity contribution in [2.45, 2.75) is 13.8 Å². The van der Waals surface area contributed by atoms with E-state index in [-0.39, 0.29) is 11.5 Å². The van der Waals surface area contributed by atoms with E-state index in [2.05, 4.69) is 10.3 Å². The number of hydrogen-bond donors (Lipinski definition) is 3. The molecule has 146 valence electrons. The van der Waals surface area contributed by atoms with Crippen molar-refractivity contribution in [1.29, 1.82) is 0 Å². The second-order valence-electron chi connectivity index (χ2n) is 6.60. The number of aromatic hydroxyl groups is 1. The van der Waals surface area contributed by atoms with Crippen LogP contribution in [-0.2, 0) is 4.79 Å². The number of carbonyl (C=O) groups excluding carboxylic acids is 1. The number of phenols is 1. The number of aryl methyl sites for hydroxylation is 2. The zero-order valence-electron chi connectivity index (χ0n) is 15.7. The third-order valence-corrected chi connectivity index (χ3v) is 4.82. The van der Waals surface area contributed by atoms with Gasteiger partial charge in [-0.2, -0.15) is 0 Å². The molecular formula is C21H18N4O4. The first-order valence-corrected chi connectivity index (χ1v) is 8.82. The van der Waals surface area contributed by atoms with Gasteiger partial charge in [-0.15, -0.1) is 0 Å². The Morgan fingerprint density at radius 1 is 1.14 bits per heavy atom. The van der Waals surface area contributed by atoms with Gasteiger partial charge in [0.25, 0.3) is 5.91 Å². The van der Waals surface area contributed by atoms with Crippen LogP contribution in [0.15, 0.2) is 58.2 Å². The van der Waals surface area contributed by atoms with Gasteiger partial charge in [-0.05, 0) is 44.2 Å². The lowest BCUT2D eigenvalue weighted by Gasteiger charge is -2.13. The van der Waals surface area contributed by atoms with Crippen LogP contribution in [0.4, 0.5) is 0 Å². The molecule has 0 aliphatic carbocycles. The van der Waals surface area contributed by atoms with Crippen molar-refractivity contribution in [3.8, 4) is 22.7 Å². The SMILES string of the molecule is Cc1noc(C)c1-c1c(/C(=N/O)C(N)=O)c2ccccc2n1-c1ccc(O)cc1. The van der Waals surface area contributed by atoms with Crippen LogP contribution in [0.2, 0.25) is 0 Å². The van der Waals surface area contributed by atoms with Gasteiger partial charge in [-0.1, -0.05) is 28.5 Å². The van der Waals surface area contributed by atoms with Gasteiger partial charge in [0.1, 0.15) is 11.5 Å². The minimum Gasteiger partial charge on any atom is -0.508 e. The number of carbonyl (C=O) groups is 1. The molecule has 8 heteroatoms. The van der Waals surface area contributed by atoms with Crippen LogP contribution in [-0.4, -0.2) is 31.7 Å². The maximum Gasteiger partial charge on any atom is 0.271 e. The van der Waals surface area contributed by atoms with Crippen LogP contribution in [0.5, 0.6) is 5.75 Å². The molecule has 4 N–H and O–H groups in total. The standard InChI is InChI=1S/C21H18N4O4/c1-11-17(12(2)29-24-11)20-18(19(23-28)21(22)27)15-5-3-4-6-16(15)25(20)13-7-9-14(26)10-8-13/h3-10,26,28H,1-2H3,(H2,22,27)/b23-19-. The molecule has 0 fully saturated rings. The van der Waals surface area contributed by atoms with Gasteiger partial charge in [-0.25, -0.2) is 0 Å². The van der Waals surface area contributed by atoms with E-state index in [9.17, 15) is 15.1 Å². The zero-order valence-corrected chi connectivity index (χ0v) is 15.7. The van der Waals surface area contributed by atoms with E-state index in [0.29, 0.717) is 33.7 Å². The van der Waals surface area contributed by atoms with Gasteiger partial charge in [0.15, 0.2) is 5.71 Å². The Kier molecular flexibility index (Phi) is 4.31. The number of oxime groups is 1. The maximum absolute atomic E-state index is 12.1. The number of phenolic OH excluding ortho intramolecular Hbond substituents is 1. The number of amides is 1. The summed E-state index contributed by atoms with van der Waals surface area (Å²) in [4.78, 5) is 12.1. The molecule has 0 saturated heterocycles. The molecule has 1 amide bonds. The molecule has 2 heterocycles. The molecule has 0 unspecified atom stereocenters. The molecule has 4 aromatic rings. The molecule has 8 nitrogen and oxygen atoms in total. The first kappa shape index (κ1) is 18.3. The lowest BCUT2D eigenvalue weighted by molar-refractivity contribution is -0.112. The summed E-state index contributed by atoms with van der Waals surface area (Å²) in [5, 5.41) is 27.2. The summed E-state index contributed by atoms with van der Waals surface area (Å²) in [7, 11) is 0. The number of aromatic nitrogens is 2. The molecular weight excluding hydrogens is 372 g/mol. The Labute approximate surface area is 165 Å². The molecule has 0 aliphatic heterocycles. The number of hydrogen-bond acceptors (Lipinski definition) is 6. The fourth-order valence-electron chi connectivity index (χ4n) is 3.63. The van der Waals surface area contributed by atoms with E-state index >= 15 is 0 Å². The fourth-order valence-corrected chi connectivity index (χ4v) is 3.63. The summed E-state index contributed by atoms with van der Waals surface area (Å²) >= 11 is 0. The molecule has 0 atom stereocenters. The van der Waals surface area contributed by atoms with Crippen molar-refractivity contribution in [1.82, 2.24) is 9.72 Å². The van der Waals surface area contributed by atoms with E-state index in [1.807, 2.05) is 28.8 Å². The molecule has 4 rings (SSSR count). The number of rotatable bonds is 4. The highest BCUT2D eigenvalue weighted by atomic mass is 16.5. The Morgan fingerprint density at radius 3 is 2.41 bits per heavy atom. The number of benzene rings is 2. The summed E-state index contributed by atoms with van der Waals surface area (Å²) in [5.41, 5.74) is 8.93. The normalized spacial score (nSPS) is 11.9. The molecule has 0 aliphatic rings. The monoisotopic (exact) mass is 390 g/mol. The summed E-state index contributed by atoms with van der Waals surface area (Å²) in [6.45, 7) is 3.55. The van der Waals surface area contributed by atoms with Gasteiger partial charge in [0.05, 0.1) is 22.5 Å². The minimum absolute atomic E-state index is 0.124. The Balaban J connectivity index is 2.24. The summed E-state index contributed by atoms with van der Waals surface area (Å²) in [5.74, 6) is -0.207. The predicted octanol–water partition coefficient (Wildman–Crippen LogP) is 3.27. The van der Waals surface area contributed by atoms with Gasteiger partial charge < -0.3 is 25.1 Å². The average Bonchev–Trinajstić information content (AvgIpc) is 3.20. The Hall–Kier alpha value is -4.07. The van der Waals surface area contributed by atoms with E-state index in [1.165, 1.54) is 0 Å². The smallest absolute Gasteiger partial charge is 0.271 e. The molecule has 2 aromatic heterocycles. The van der Waals surface area contributed by atoms with E-state index in [1.54, 1.807) is 38.1 Å². The molecule has 0 spiro atoms. The topological polar surface area (TPSA) is 127 Å². The third kappa shape index (κ3) is 2.82. The summed E-state index contributed by atoms with van der Waals surface area (Å²) in [6, 6.07) is 14.0. The Bertz CT molecular complexity index is 1250. The van der Waals surface area contributed by atoms with E-state index in [0.717, 1.165) is 11.2 Å². The van der Waals surface area contributed by atoms with Crippen LogP contribution in [0.3, 0.4) is 0 Å². The van der Waals surface area contributed by atoms with Crippen molar-refractivity contribution in [2.24, 2.45) is 10.9 Å². The van der Waals surface area contributed by atoms with Crippen molar-refractivity contribution < 1.29 is 19.6 Å². The predicted molar refractivity (Wildman–Crippen MR) is 107 cm³/mol. The van der Waals surface area contributed by atoms with Crippen molar-refractivity contribution in [3.63, 3.8) is 0 Å². The molecule has 0 bridgehead atoms. The number of para-hydroxylation sites is 1. The van der Waals surface area contributed by atoms with Crippen LogP contribution in [0.1, 0.15) is 17.0 Å². The lowest BCUT2D eigenvalue weighted by Crippen LogP contribution is -2.25. The van der Waals surface area contributed by atoms with E-state index in [4.69, 9.17) is 10.3 Å². The van der Waals surface area contributed by atoms with Crippen molar-refractivity contribution in [3.05, 3.63) is 65.5 Å². The number of nitrogens with zero attached hydrogens (tertiary/aromatic N) is 3. The maximum atomic E-state index is 12.1. The van der Waals surface area contributed by atoms with Gasteiger partial charge in [0.2, 0.25) is 0 Å². The largest absolute Gasteiger partial charge is 0.508 e. The van der Waals surface area contributed by atoms with Gasteiger partial charge >= 0.3 is 0 Å². The number of nitrogens with two attached hydrogens (primary N) is 1. The summed E-state index contributed by atoms with van der Waals surface area (Å²) < 4.78 is 7.26. The van der Waals surface area contributed by atoms with Crippen molar-refractivity contribution in [2.75, 3.05) is 0 Å². The van der Waals surface area contributed by atoms with Gasteiger partial charge in [-0.3, -0.25) is 4.79 Å². The first-order valence-electron chi connectivity index (χ1n) is 8.82. The highest BCUT2D eigenvalue weighted by Gasteiger charge is 2.29. The number of primary amides is 1. The number of fused-ring (bicyclic) bond motifs is 1. The lowest BCUT2D eigenvalue weighted by atomic mass is 9.99. The van der Waals surface area contributed by atoms with Crippen LogP contribution >= 0.6 is 0 Å². The van der Waals surface area contributed by atoms with Crippen LogP contribution in [0.25, 0.3) is 27.8 Å². The van der Waals surface area contributed by atoms with Gasteiger partial charge in [0, 0.05) is 16.6 Å². The first-order chi connectivity index (χ1) is 13.9. The second kappa shape index (κ2) is 6.83. The molecule has 29 heavy (non-hydrogen) atoms. The second-order valence-corrected chi connectivity index (χ2v) is 6.60. The quantitative estimate of drug-likeness (QED) is 0.280. The fraction of sp³-hybridized carbons (Fsp3) is 0.0952. The molecule has 2 aromatic carbocycles. The Morgan fingerprint density at radius 2 is 1.83 bits per heavy atom. The van der Waals surface area contributed by atoms with Crippen LogP contribution in [0, 0.1) is 13.8 Å². The van der Waals surface area contributed by atoms with Crippen LogP contribution < -0.4 is 5.73 Å². The highest BCUT2D eigenvalue weighted by Crippen LogP contribution is 2.39.